The summed E-state index contributed by atoms with van der Waals surface area (Å²) in [6.07, 6.45) is 2.87. The predicted molar refractivity (Wildman–Crippen MR) is 90.2 cm³/mol. The molecule has 1 aliphatic heterocycles. The van der Waals surface area contributed by atoms with E-state index in [0.717, 1.165) is 23.9 Å². The smallest absolute Gasteiger partial charge is 0.123 e. The predicted octanol–water partition coefficient (Wildman–Crippen LogP) is 3.78. The van der Waals surface area contributed by atoms with Crippen LogP contribution in [0.1, 0.15) is 43.9 Å². The number of nitrogens with one attached hydrogen (secondary N) is 1. The molecule has 1 heterocycles. The summed E-state index contributed by atoms with van der Waals surface area (Å²) >= 11 is 1.95. The van der Waals surface area contributed by atoms with Crippen LogP contribution in [0.2, 0.25) is 0 Å². The molecule has 21 heavy (non-hydrogen) atoms. The molecule has 2 unspecified atom stereocenters. The lowest BCUT2D eigenvalue weighted by Gasteiger charge is -2.16. The van der Waals surface area contributed by atoms with Gasteiger partial charge in [0.05, 0.1) is 12.7 Å². The molecular formula is C17H27NO2S. The van der Waals surface area contributed by atoms with Gasteiger partial charge < -0.3 is 14.8 Å². The third kappa shape index (κ3) is 4.90. The van der Waals surface area contributed by atoms with Crippen molar-refractivity contribution in [1.82, 2.24) is 5.32 Å². The Bertz CT molecular complexity index is 433. The molecule has 4 heteroatoms. The molecule has 1 saturated heterocycles. The molecule has 1 aromatic carbocycles. The Hall–Kier alpha value is -0.710. The van der Waals surface area contributed by atoms with E-state index in [1.165, 1.54) is 24.0 Å². The van der Waals surface area contributed by atoms with Crippen molar-refractivity contribution in [2.24, 2.45) is 0 Å². The standard InChI is InChI=1S/C17H27NO2S/c1-4-19-17-8-7-14(13(2)18-3)10-15(17)11-21-12-16-6-5-9-20-16/h7-8,10,13,16,18H,4-6,9,11-12H2,1-3H3. The second kappa shape index (κ2) is 8.66. The summed E-state index contributed by atoms with van der Waals surface area (Å²) in [6, 6.07) is 6.89. The zero-order valence-electron chi connectivity index (χ0n) is 13.4. The highest BCUT2D eigenvalue weighted by Gasteiger charge is 2.16. The minimum Gasteiger partial charge on any atom is -0.494 e. The fraction of sp³-hybridized carbons (Fsp3) is 0.647. The van der Waals surface area contributed by atoms with Crippen LogP contribution in [0, 0.1) is 0 Å². The molecule has 0 spiro atoms. The molecule has 1 N–H and O–H groups in total. The molecule has 0 saturated carbocycles. The molecule has 3 nitrogen and oxygen atoms in total. The molecule has 1 aliphatic rings. The number of hydrogen-bond acceptors (Lipinski definition) is 4. The third-order valence-corrected chi connectivity index (χ3v) is 5.03. The van der Waals surface area contributed by atoms with Crippen LogP contribution in [0.3, 0.4) is 0 Å². The van der Waals surface area contributed by atoms with Gasteiger partial charge in [0.2, 0.25) is 0 Å². The summed E-state index contributed by atoms with van der Waals surface area (Å²) in [6.45, 7) is 5.86. The molecule has 0 amide bonds. The van der Waals surface area contributed by atoms with E-state index in [4.69, 9.17) is 9.47 Å². The Balaban J connectivity index is 1.99. The normalized spacial score (nSPS) is 19.7. The van der Waals surface area contributed by atoms with E-state index >= 15 is 0 Å². The maximum Gasteiger partial charge on any atom is 0.123 e. The molecule has 1 fully saturated rings. The van der Waals surface area contributed by atoms with Crippen molar-refractivity contribution in [2.45, 2.75) is 44.6 Å². The van der Waals surface area contributed by atoms with E-state index in [0.29, 0.717) is 18.8 Å². The lowest BCUT2D eigenvalue weighted by atomic mass is 10.1. The summed E-state index contributed by atoms with van der Waals surface area (Å²) < 4.78 is 11.4. The average Bonchev–Trinajstić information content (AvgIpc) is 3.01. The van der Waals surface area contributed by atoms with E-state index < -0.39 is 0 Å². The first kappa shape index (κ1) is 16.7. The van der Waals surface area contributed by atoms with Crippen LogP contribution >= 0.6 is 11.8 Å². The van der Waals surface area contributed by atoms with Crippen LogP contribution in [-0.2, 0) is 10.5 Å². The lowest BCUT2D eigenvalue weighted by molar-refractivity contribution is 0.129. The Labute approximate surface area is 132 Å². The lowest BCUT2D eigenvalue weighted by Crippen LogP contribution is -2.13. The number of benzene rings is 1. The zero-order chi connectivity index (χ0) is 15.1. The van der Waals surface area contributed by atoms with Crippen molar-refractivity contribution in [3.8, 4) is 5.75 Å². The third-order valence-electron chi connectivity index (χ3n) is 3.90. The van der Waals surface area contributed by atoms with Gasteiger partial charge in [-0.1, -0.05) is 6.07 Å². The second-order valence-electron chi connectivity index (χ2n) is 5.46. The Morgan fingerprint density at radius 3 is 3.00 bits per heavy atom. The zero-order valence-corrected chi connectivity index (χ0v) is 14.2. The summed E-state index contributed by atoms with van der Waals surface area (Å²) in [7, 11) is 1.99. The van der Waals surface area contributed by atoms with Gasteiger partial charge in [0.1, 0.15) is 5.75 Å². The number of thioether (sulfide) groups is 1. The number of hydrogen-bond donors (Lipinski definition) is 1. The quantitative estimate of drug-likeness (QED) is 0.791. The Morgan fingerprint density at radius 2 is 2.33 bits per heavy atom. The highest BCUT2D eigenvalue weighted by atomic mass is 32.2. The highest BCUT2D eigenvalue weighted by Crippen LogP contribution is 2.28. The topological polar surface area (TPSA) is 30.5 Å². The second-order valence-corrected chi connectivity index (χ2v) is 6.49. The summed E-state index contributed by atoms with van der Waals surface area (Å²) in [4.78, 5) is 0. The maximum atomic E-state index is 5.76. The molecule has 1 aromatic rings. The van der Waals surface area contributed by atoms with E-state index in [2.05, 4.69) is 30.4 Å². The van der Waals surface area contributed by atoms with E-state index in [9.17, 15) is 0 Å². The number of rotatable bonds is 8. The molecule has 0 bridgehead atoms. The monoisotopic (exact) mass is 309 g/mol. The molecule has 0 radical (unpaired) electrons. The first-order valence-electron chi connectivity index (χ1n) is 7.86. The highest BCUT2D eigenvalue weighted by molar-refractivity contribution is 7.98. The van der Waals surface area contributed by atoms with E-state index in [-0.39, 0.29) is 0 Å². The summed E-state index contributed by atoms with van der Waals surface area (Å²) in [5.41, 5.74) is 2.60. The van der Waals surface area contributed by atoms with Gasteiger partial charge >= 0.3 is 0 Å². The summed E-state index contributed by atoms with van der Waals surface area (Å²) in [5, 5.41) is 3.29. The van der Waals surface area contributed by atoms with Crippen molar-refractivity contribution >= 4 is 11.8 Å². The van der Waals surface area contributed by atoms with Gasteiger partial charge in [-0.15, -0.1) is 0 Å². The van der Waals surface area contributed by atoms with Crippen molar-refractivity contribution in [3.05, 3.63) is 29.3 Å². The molecule has 2 rings (SSSR count). The van der Waals surface area contributed by atoms with Crippen LogP contribution in [-0.4, -0.2) is 32.1 Å². The molecule has 0 aliphatic carbocycles. The van der Waals surface area contributed by atoms with Crippen LogP contribution < -0.4 is 10.1 Å². The maximum absolute atomic E-state index is 5.76. The molecule has 2 atom stereocenters. The van der Waals surface area contributed by atoms with E-state index in [1.807, 2.05) is 25.7 Å². The van der Waals surface area contributed by atoms with Gasteiger partial charge in [-0.25, -0.2) is 0 Å². The molecular weight excluding hydrogens is 282 g/mol. The first-order valence-corrected chi connectivity index (χ1v) is 9.02. The Morgan fingerprint density at radius 1 is 1.48 bits per heavy atom. The summed E-state index contributed by atoms with van der Waals surface area (Å²) in [5.74, 6) is 3.08. The number of ether oxygens (including phenoxy) is 2. The van der Waals surface area contributed by atoms with Gasteiger partial charge in [-0.3, -0.25) is 0 Å². The van der Waals surface area contributed by atoms with Crippen molar-refractivity contribution in [2.75, 3.05) is 26.0 Å². The fourth-order valence-corrected chi connectivity index (χ4v) is 3.61. The van der Waals surface area contributed by atoms with Crippen molar-refractivity contribution < 1.29 is 9.47 Å². The van der Waals surface area contributed by atoms with Crippen LogP contribution in [0.5, 0.6) is 5.75 Å². The van der Waals surface area contributed by atoms with Crippen LogP contribution in [0.15, 0.2) is 18.2 Å². The minimum absolute atomic E-state index is 0.364. The van der Waals surface area contributed by atoms with Gasteiger partial charge in [-0.05, 0) is 51.4 Å². The van der Waals surface area contributed by atoms with Crippen molar-refractivity contribution in [3.63, 3.8) is 0 Å². The first-order chi connectivity index (χ1) is 10.2. The van der Waals surface area contributed by atoms with Gasteiger partial charge in [0.25, 0.3) is 0 Å². The SMILES string of the molecule is CCOc1ccc(C(C)NC)cc1CSCC1CCCO1. The Kier molecular flexibility index (Phi) is 6.87. The van der Waals surface area contributed by atoms with Gasteiger partial charge in [-0.2, -0.15) is 11.8 Å². The van der Waals surface area contributed by atoms with Crippen molar-refractivity contribution in [1.29, 1.82) is 0 Å². The molecule has 118 valence electrons. The van der Waals surface area contributed by atoms with Gasteiger partial charge in [0, 0.05) is 29.7 Å². The van der Waals surface area contributed by atoms with Gasteiger partial charge in [0.15, 0.2) is 0 Å². The minimum atomic E-state index is 0.364. The molecule has 0 aromatic heterocycles. The average molecular weight is 309 g/mol. The fourth-order valence-electron chi connectivity index (χ4n) is 2.52. The largest absolute Gasteiger partial charge is 0.494 e. The van der Waals surface area contributed by atoms with E-state index in [1.54, 1.807) is 0 Å². The van der Waals surface area contributed by atoms with Crippen LogP contribution in [0.4, 0.5) is 0 Å². The van der Waals surface area contributed by atoms with Crippen LogP contribution in [0.25, 0.3) is 0 Å².